The van der Waals surface area contributed by atoms with Crippen molar-refractivity contribution in [2.45, 2.75) is 45.6 Å². The van der Waals surface area contributed by atoms with Gasteiger partial charge in [0, 0.05) is 17.3 Å². The Balaban J connectivity index is 1.91. The highest BCUT2D eigenvalue weighted by Crippen LogP contribution is 2.24. The Bertz CT molecular complexity index is 513. The summed E-state index contributed by atoms with van der Waals surface area (Å²) in [5, 5.41) is 5.72. The van der Waals surface area contributed by atoms with E-state index < -0.39 is 6.09 Å². The number of rotatable bonds is 4. The van der Waals surface area contributed by atoms with Crippen LogP contribution in [0.15, 0.2) is 24.3 Å². The van der Waals surface area contributed by atoms with Crippen molar-refractivity contribution in [2.24, 2.45) is 5.92 Å². The van der Waals surface area contributed by atoms with Gasteiger partial charge >= 0.3 is 6.09 Å². The molecule has 0 spiro atoms. The molecular formula is C17H24N2O3. The molecule has 0 saturated heterocycles. The number of nitrogens with one attached hydrogen (secondary N) is 2. The fourth-order valence-corrected chi connectivity index (χ4v) is 2.77. The van der Waals surface area contributed by atoms with Crippen LogP contribution in [0.3, 0.4) is 0 Å². The Kier molecular flexibility index (Phi) is 5.81. The second kappa shape index (κ2) is 7.82. The van der Waals surface area contributed by atoms with Gasteiger partial charge in [-0.15, -0.1) is 0 Å². The summed E-state index contributed by atoms with van der Waals surface area (Å²) in [5.41, 5.74) is 1.22. The molecule has 2 atom stereocenters. The molecule has 0 aliphatic heterocycles. The maximum atomic E-state index is 12.3. The van der Waals surface area contributed by atoms with Gasteiger partial charge in [0.25, 0.3) is 5.91 Å². The third-order valence-electron chi connectivity index (χ3n) is 4.10. The lowest BCUT2D eigenvalue weighted by molar-refractivity contribution is 0.0910. The van der Waals surface area contributed by atoms with Crippen LogP contribution in [0.4, 0.5) is 10.5 Å². The number of carbonyl (C=O) groups excluding carboxylic acids is 2. The molecule has 120 valence electrons. The van der Waals surface area contributed by atoms with Crippen LogP contribution in [0.25, 0.3) is 0 Å². The van der Waals surface area contributed by atoms with Crippen LogP contribution in [0, 0.1) is 5.92 Å². The predicted molar refractivity (Wildman–Crippen MR) is 86.0 cm³/mol. The van der Waals surface area contributed by atoms with Crippen molar-refractivity contribution in [3.05, 3.63) is 29.8 Å². The van der Waals surface area contributed by atoms with Gasteiger partial charge in [0.2, 0.25) is 0 Å². The number of ether oxygens (including phenoxy) is 1. The zero-order chi connectivity index (χ0) is 15.9. The molecule has 1 aromatic rings. The summed E-state index contributed by atoms with van der Waals surface area (Å²) in [4.78, 5) is 23.6. The second-order valence-electron chi connectivity index (χ2n) is 5.76. The van der Waals surface area contributed by atoms with E-state index in [9.17, 15) is 9.59 Å². The third kappa shape index (κ3) is 4.48. The molecule has 0 radical (unpaired) electrons. The zero-order valence-electron chi connectivity index (χ0n) is 13.2. The van der Waals surface area contributed by atoms with E-state index in [1.165, 1.54) is 19.3 Å². The van der Waals surface area contributed by atoms with Crippen molar-refractivity contribution >= 4 is 17.7 Å². The van der Waals surface area contributed by atoms with Gasteiger partial charge in [0.15, 0.2) is 0 Å². The summed E-state index contributed by atoms with van der Waals surface area (Å²) in [6.45, 7) is 4.27. The zero-order valence-corrected chi connectivity index (χ0v) is 13.2. The maximum absolute atomic E-state index is 12.3. The van der Waals surface area contributed by atoms with Gasteiger partial charge in [0.1, 0.15) is 0 Å². The molecule has 1 aliphatic carbocycles. The van der Waals surface area contributed by atoms with E-state index in [0.717, 1.165) is 6.42 Å². The van der Waals surface area contributed by atoms with Crippen LogP contribution in [-0.4, -0.2) is 24.6 Å². The molecule has 5 nitrogen and oxygen atoms in total. The number of hydrogen-bond acceptors (Lipinski definition) is 3. The summed E-state index contributed by atoms with van der Waals surface area (Å²) in [5.74, 6) is 0.476. The van der Waals surface area contributed by atoms with Crippen LogP contribution >= 0.6 is 0 Å². The van der Waals surface area contributed by atoms with E-state index in [1.807, 2.05) is 0 Å². The molecule has 0 heterocycles. The van der Waals surface area contributed by atoms with Crippen molar-refractivity contribution < 1.29 is 14.3 Å². The Hall–Kier alpha value is -2.04. The average molecular weight is 304 g/mol. The molecule has 1 aliphatic rings. The number of hydrogen-bond donors (Lipinski definition) is 2. The highest BCUT2D eigenvalue weighted by Gasteiger charge is 2.23. The van der Waals surface area contributed by atoms with Crippen molar-refractivity contribution in [3.63, 3.8) is 0 Å². The minimum absolute atomic E-state index is 0.0542. The quantitative estimate of drug-likeness (QED) is 0.893. The molecule has 2 N–H and O–H groups in total. The first-order valence-electron chi connectivity index (χ1n) is 7.95. The number of amides is 2. The number of benzene rings is 1. The molecule has 1 saturated carbocycles. The van der Waals surface area contributed by atoms with Crippen molar-refractivity contribution in [1.29, 1.82) is 0 Å². The summed E-state index contributed by atoms with van der Waals surface area (Å²) < 4.78 is 4.81. The van der Waals surface area contributed by atoms with Gasteiger partial charge in [-0.2, -0.15) is 0 Å². The Morgan fingerprint density at radius 3 is 2.50 bits per heavy atom. The number of anilines is 1. The van der Waals surface area contributed by atoms with Gasteiger partial charge in [-0.25, -0.2) is 4.79 Å². The smallest absolute Gasteiger partial charge is 0.411 e. The first-order valence-corrected chi connectivity index (χ1v) is 7.95. The summed E-state index contributed by atoms with van der Waals surface area (Å²) in [7, 11) is 0. The van der Waals surface area contributed by atoms with E-state index in [0.29, 0.717) is 23.8 Å². The molecule has 5 heteroatoms. The predicted octanol–water partition coefficient (Wildman–Crippen LogP) is 3.56. The molecule has 1 fully saturated rings. The Morgan fingerprint density at radius 2 is 1.86 bits per heavy atom. The van der Waals surface area contributed by atoms with Gasteiger partial charge in [-0.05, 0) is 49.9 Å². The molecule has 0 bridgehead atoms. The summed E-state index contributed by atoms with van der Waals surface area (Å²) in [6, 6.07) is 7.10. The van der Waals surface area contributed by atoms with Gasteiger partial charge in [-0.1, -0.05) is 19.8 Å². The summed E-state index contributed by atoms with van der Waals surface area (Å²) in [6.07, 6.45) is 4.16. The standard InChI is InChI=1S/C17H24N2O3/c1-3-22-17(21)18-14-10-8-13(9-11-14)16(20)19-15-7-5-4-6-12(15)2/h8-12,15H,3-7H2,1-2H3,(H,18,21)(H,19,20)/t12-,15+/m0/s1. The topological polar surface area (TPSA) is 67.4 Å². The molecule has 1 aromatic carbocycles. The normalized spacial score (nSPS) is 21.0. The van der Waals surface area contributed by atoms with E-state index in [2.05, 4.69) is 17.6 Å². The minimum Gasteiger partial charge on any atom is -0.450 e. The minimum atomic E-state index is -0.490. The second-order valence-corrected chi connectivity index (χ2v) is 5.76. The molecular weight excluding hydrogens is 280 g/mol. The lowest BCUT2D eigenvalue weighted by Gasteiger charge is -2.29. The Labute approximate surface area is 131 Å². The highest BCUT2D eigenvalue weighted by atomic mass is 16.5. The largest absolute Gasteiger partial charge is 0.450 e. The SMILES string of the molecule is CCOC(=O)Nc1ccc(C(=O)N[C@@H]2CCCC[C@@H]2C)cc1. The third-order valence-corrected chi connectivity index (χ3v) is 4.10. The van der Waals surface area contributed by atoms with E-state index in [-0.39, 0.29) is 11.9 Å². The first kappa shape index (κ1) is 16.3. The van der Waals surface area contributed by atoms with Crippen LogP contribution in [0.1, 0.15) is 49.9 Å². The fourth-order valence-electron chi connectivity index (χ4n) is 2.77. The fraction of sp³-hybridized carbons (Fsp3) is 0.529. The molecule has 2 amide bonds. The monoisotopic (exact) mass is 304 g/mol. The van der Waals surface area contributed by atoms with Crippen molar-refractivity contribution in [1.82, 2.24) is 5.32 Å². The van der Waals surface area contributed by atoms with Crippen molar-refractivity contribution in [2.75, 3.05) is 11.9 Å². The van der Waals surface area contributed by atoms with Crippen LogP contribution in [0.5, 0.6) is 0 Å². The van der Waals surface area contributed by atoms with E-state index >= 15 is 0 Å². The Morgan fingerprint density at radius 1 is 1.18 bits per heavy atom. The maximum Gasteiger partial charge on any atom is 0.411 e. The van der Waals surface area contributed by atoms with Crippen LogP contribution in [0.2, 0.25) is 0 Å². The van der Waals surface area contributed by atoms with Crippen LogP contribution in [-0.2, 0) is 4.74 Å². The molecule has 22 heavy (non-hydrogen) atoms. The highest BCUT2D eigenvalue weighted by molar-refractivity contribution is 5.95. The van der Waals surface area contributed by atoms with E-state index in [4.69, 9.17) is 4.74 Å². The molecule has 0 aromatic heterocycles. The molecule has 0 unspecified atom stereocenters. The van der Waals surface area contributed by atoms with Gasteiger partial charge in [0.05, 0.1) is 6.61 Å². The first-order chi connectivity index (χ1) is 10.6. The lowest BCUT2D eigenvalue weighted by Crippen LogP contribution is -2.41. The lowest BCUT2D eigenvalue weighted by atomic mass is 9.86. The van der Waals surface area contributed by atoms with Crippen molar-refractivity contribution in [3.8, 4) is 0 Å². The summed E-state index contributed by atoms with van der Waals surface area (Å²) >= 11 is 0. The molecule has 2 rings (SSSR count). The van der Waals surface area contributed by atoms with Gasteiger partial charge in [-0.3, -0.25) is 10.1 Å². The van der Waals surface area contributed by atoms with Gasteiger partial charge < -0.3 is 10.1 Å². The number of carbonyl (C=O) groups is 2. The average Bonchev–Trinajstić information content (AvgIpc) is 2.50. The van der Waals surface area contributed by atoms with Crippen LogP contribution < -0.4 is 10.6 Å². The van der Waals surface area contributed by atoms with E-state index in [1.54, 1.807) is 31.2 Å².